The Hall–Kier alpha value is -1.74. The largest absolute Gasteiger partial charge is 0.322 e. The van der Waals surface area contributed by atoms with Crippen LogP contribution >= 0.6 is 11.8 Å². The van der Waals surface area contributed by atoms with Gasteiger partial charge in [-0.1, -0.05) is 12.1 Å². The number of anilines is 1. The van der Waals surface area contributed by atoms with Crippen molar-refractivity contribution in [3.63, 3.8) is 0 Å². The van der Waals surface area contributed by atoms with E-state index >= 15 is 0 Å². The predicted molar refractivity (Wildman–Crippen MR) is 84.6 cm³/mol. The van der Waals surface area contributed by atoms with Gasteiger partial charge in [0, 0.05) is 16.1 Å². The standard InChI is InChI=1S/C17H17NOS/c1-20-16-7-3-6-15(11-16)18-17(19)14-9-8-12-4-2-5-13(12)10-14/h3,6-11H,2,4-5H2,1H3,(H,18,19). The number of hydrogen-bond acceptors (Lipinski definition) is 2. The lowest BCUT2D eigenvalue weighted by Crippen LogP contribution is -2.12. The number of fused-ring (bicyclic) bond motifs is 1. The molecule has 3 rings (SSSR count). The number of carbonyl (C=O) groups is 1. The van der Waals surface area contributed by atoms with Gasteiger partial charge < -0.3 is 5.32 Å². The molecule has 0 spiro atoms. The van der Waals surface area contributed by atoms with Crippen molar-refractivity contribution in [2.75, 3.05) is 11.6 Å². The van der Waals surface area contributed by atoms with Crippen LogP contribution < -0.4 is 5.32 Å². The quantitative estimate of drug-likeness (QED) is 0.857. The van der Waals surface area contributed by atoms with Crippen LogP contribution in [0.3, 0.4) is 0 Å². The fourth-order valence-electron chi connectivity index (χ4n) is 2.62. The SMILES string of the molecule is CSc1cccc(NC(=O)c2ccc3c(c2)CCC3)c1. The van der Waals surface area contributed by atoms with Crippen molar-refractivity contribution < 1.29 is 4.79 Å². The van der Waals surface area contributed by atoms with E-state index in [1.165, 1.54) is 17.5 Å². The van der Waals surface area contributed by atoms with Gasteiger partial charge in [-0.05, 0) is 67.0 Å². The third kappa shape index (κ3) is 2.73. The highest BCUT2D eigenvalue weighted by atomic mass is 32.2. The topological polar surface area (TPSA) is 29.1 Å². The number of rotatable bonds is 3. The molecule has 2 nitrogen and oxygen atoms in total. The van der Waals surface area contributed by atoms with E-state index in [-0.39, 0.29) is 5.91 Å². The molecule has 102 valence electrons. The lowest BCUT2D eigenvalue weighted by Gasteiger charge is -2.08. The van der Waals surface area contributed by atoms with Crippen molar-refractivity contribution in [3.8, 4) is 0 Å². The van der Waals surface area contributed by atoms with Crippen LogP contribution in [0.1, 0.15) is 27.9 Å². The smallest absolute Gasteiger partial charge is 0.255 e. The van der Waals surface area contributed by atoms with Gasteiger partial charge in [0.15, 0.2) is 0 Å². The minimum absolute atomic E-state index is 0.0297. The van der Waals surface area contributed by atoms with Crippen LogP contribution in [0.2, 0.25) is 0 Å². The molecular formula is C17H17NOS. The second kappa shape index (κ2) is 5.71. The van der Waals surface area contributed by atoms with Crippen LogP contribution in [0.5, 0.6) is 0 Å². The van der Waals surface area contributed by atoms with Gasteiger partial charge in [-0.15, -0.1) is 11.8 Å². The summed E-state index contributed by atoms with van der Waals surface area (Å²) in [7, 11) is 0. The van der Waals surface area contributed by atoms with Gasteiger partial charge in [-0.25, -0.2) is 0 Å². The Labute approximate surface area is 123 Å². The van der Waals surface area contributed by atoms with Gasteiger partial charge in [-0.3, -0.25) is 4.79 Å². The van der Waals surface area contributed by atoms with Crippen molar-refractivity contribution in [3.05, 3.63) is 59.2 Å². The van der Waals surface area contributed by atoms with Crippen LogP contribution in [-0.4, -0.2) is 12.2 Å². The third-order valence-electron chi connectivity index (χ3n) is 3.69. The molecule has 0 fully saturated rings. The molecular weight excluding hydrogens is 266 g/mol. The minimum atomic E-state index is -0.0297. The zero-order valence-electron chi connectivity index (χ0n) is 11.5. The fourth-order valence-corrected chi connectivity index (χ4v) is 3.08. The molecule has 20 heavy (non-hydrogen) atoms. The first-order chi connectivity index (χ1) is 9.76. The van der Waals surface area contributed by atoms with Gasteiger partial charge in [0.25, 0.3) is 5.91 Å². The summed E-state index contributed by atoms with van der Waals surface area (Å²) in [6.45, 7) is 0. The lowest BCUT2D eigenvalue weighted by atomic mass is 10.1. The zero-order chi connectivity index (χ0) is 13.9. The van der Waals surface area contributed by atoms with Crippen molar-refractivity contribution in [1.82, 2.24) is 0 Å². The third-order valence-corrected chi connectivity index (χ3v) is 4.41. The first-order valence-corrected chi connectivity index (χ1v) is 8.06. The predicted octanol–water partition coefficient (Wildman–Crippen LogP) is 4.15. The second-order valence-electron chi connectivity index (χ2n) is 5.02. The van der Waals surface area contributed by atoms with Gasteiger partial charge in [0.1, 0.15) is 0 Å². The van der Waals surface area contributed by atoms with Crippen molar-refractivity contribution in [1.29, 1.82) is 0 Å². The Morgan fingerprint density at radius 1 is 1.10 bits per heavy atom. The number of aryl methyl sites for hydroxylation is 2. The van der Waals surface area contributed by atoms with Crippen LogP contribution in [-0.2, 0) is 12.8 Å². The van der Waals surface area contributed by atoms with E-state index in [1.54, 1.807) is 11.8 Å². The summed E-state index contributed by atoms with van der Waals surface area (Å²) in [5.41, 5.74) is 4.32. The highest BCUT2D eigenvalue weighted by Crippen LogP contribution is 2.24. The van der Waals surface area contributed by atoms with Crippen LogP contribution in [0.25, 0.3) is 0 Å². The highest BCUT2D eigenvalue weighted by molar-refractivity contribution is 7.98. The molecule has 0 aromatic heterocycles. The Morgan fingerprint density at radius 2 is 1.95 bits per heavy atom. The Morgan fingerprint density at radius 3 is 2.80 bits per heavy atom. The zero-order valence-corrected chi connectivity index (χ0v) is 12.3. The molecule has 2 aromatic rings. The summed E-state index contributed by atoms with van der Waals surface area (Å²) in [5, 5.41) is 2.97. The van der Waals surface area contributed by atoms with Crippen LogP contribution in [0, 0.1) is 0 Å². The molecule has 3 heteroatoms. The molecule has 0 atom stereocenters. The minimum Gasteiger partial charge on any atom is -0.322 e. The molecule has 0 saturated carbocycles. The lowest BCUT2D eigenvalue weighted by molar-refractivity contribution is 0.102. The molecule has 1 aliphatic rings. The maximum Gasteiger partial charge on any atom is 0.255 e. The molecule has 0 aliphatic heterocycles. The summed E-state index contributed by atoms with van der Waals surface area (Å²) >= 11 is 1.67. The van der Waals surface area contributed by atoms with E-state index in [1.807, 2.05) is 42.7 Å². The molecule has 0 saturated heterocycles. The van der Waals surface area contributed by atoms with Gasteiger partial charge >= 0.3 is 0 Å². The Balaban J connectivity index is 1.79. The van der Waals surface area contributed by atoms with Crippen LogP contribution in [0.4, 0.5) is 5.69 Å². The van der Waals surface area contributed by atoms with E-state index in [0.717, 1.165) is 29.0 Å². The maximum atomic E-state index is 12.3. The van der Waals surface area contributed by atoms with E-state index in [9.17, 15) is 4.79 Å². The Bertz CT molecular complexity index is 651. The molecule has 0 radical (unpaired) electrons. The average Bonchev–Trinajstić information content (AvgIpc) is 2.94. The molecule has 0 unspecified atom stereocenters. The normalized spacial score (nSPS) is 13.1. The summed E-state index contributed by atoms with van der Waals surface area (Å²) < 4.78 is 0. The summed E-state index contributed by atoms with van der Waals surface area (Å²) in [4.78, 5) is 13.4. The van der Waals surface area contributed by atoms with E-state index in [4.69, 9.17) is 0 Å². The summed E-state index contributed by atoms with van der Waals surface area (Å²) in [5.74, 6) is -0.0297. The van der Waals surface area contributed by atoms with Gasteiger partial charge in [-0.2, -0.15) is 0 Å². The van der Waals surface area contributed by atoms with Crippen LogP contribution in [0.15, 0.2) is 47.4 Å². The van der Waals surface area contributed by atoms with Gasteiger partial charge in [0.05, 0.1) is 0 Å². The highest BCUT2D eigenvalue weighted by Gasteiger charge is 2.14. The Kier molecular flexibility index (Phi) is 3.79. The first-order valence-electron chi connectivity index (χ1n) is 6.83. The number of thioether (sulfide) groups is 1. The molecule has 1 aliphatic carbocycles. The average molecular weight is 283 g/mol. The number of nitrogens with one attached hydrogen (secondary N) is 1. The monoisotopic (exact) mass is 283 g/mol. The van der Waals surface area contributed by atoms with Crippen molar-refractivity contribution in [2.45, 2.75) is 24.2 Å². The molecule has 1 amide bonds. The van der Waals surface area contributed by atoms with E-state index < -0.39 is 0 Å². The molecule has 0 bridgehead atoms. The number of hydrogen-bond donors (Lipinski definition) is 1. The van der Waals surface area contributed by atoms with Crippen molar-refractivity contribution in [2.24, 2.45) is 0 Å². The number of carbonyl (C=O) groups excluding carboxylic acids is 1. The van der Waals surface area contributed by atoms with E-state index in [2.05, 4.69) is 11.4 Å². The first kappa shape index (κ1) is 13.3. The number of benzene rings is 2. The molecule has 0 heterocycles. The number of amides is 1. The fraction of sp³-hybridized carbons (Fsp3) is 0.235. The maximum absolute atomic E-state index is 12.3. The second-order valence-corrected chi connectivity index (χ2v) is 5.90. The summed E-state index contributed by atoms with van der Waals surface area (Å²) in [6, 6.07) is 14.0. The summed E-state index contributed by atoms with van der Waals surface area (Å²) in [6.07, 6.45) is 5.48. The van der Waals surface area contributed by atoms with E-state index in [0.29, 0.717) is 0 Å². The van der Waals surface area contributed by atoms with Crippen molar-refractivity contribution >= 4 is 23.4 Å². The molecule has 1 N–H and O–H groups in total. The van der Waals surface area contributed by atoms with Gasteiger partial charge in [0.2, 0.25) is 0 Å². The molecule has 2 aromatic carbocycles.